The minimum absolute atomic E-state index is 0.00375. The second-order valence-electron chi connectivity index (χ2n) is 7.61. The minimum Gasteiger partial charge on any atom is -0.497 e. The number of benzene rings is 1. The summed E-state index contributed by atoms with van der Waals surface area (Å²) in [6.07, 6.45) is 0. The van der Waals surface area contributed by atoms with Crippen LogP contribution < -0.4 is 9.64 Å². The fraction of sp³-hybridized carbons (Fsp3) is 0.478. The molecule has 2 heterocycles. The van der Waals surface area contributed by atoms with Gasteiger partial charge < -0.3 is 19.4 Å². The van der Waals surface area contributed by atoms with Crippen LogP contribution in [0, 0.1) is 13.8 Å². The Morgan fingerprint density at radius 1 is 1.10 bits per heavy atom. The Hall–Kier alpha value is -2.80. The van der Waals surface area contributed by atoms with E-state index in [-0.39, 0.29) is 17.8 Å². The molecule has 1 N–H and O–H groups in total. The van der Waals surface area contributed by atoms with Crippen LogP contribution in [0.25, 0.3) is 0 Å². The summed E-state index contributed by atoms with van der Waals surface area (Å²) in [5, 5.41) is 0. The van der Waals surface area contributed by atoms with Crippen molar-refractivity contribution in [3.63, 3.8) is 0 Å². The van der Waals surface area contributed by atoms with E-state index in [1.54, 1.807) is 27.9 Å². The highest BCUT2D eigenvalue weighted by molar-refractivity contribution is 6.03. The summed E-state index contributed by atoms with van der Waals surface area (Å²) in [5.74, 6) is 0.461. The maximum absolute atomic E-state index is 13.2. The number of nitrogens with one attached hydrogen (secondary N) is 1. The van der Waals surface area contributed by atoms with Crippen LogP contribution in [0.1, 0.15) is 46.0 Å². The number of aromatic amines is 1. The summed E-state index contributed by atoms with van der Waals surface area (Å²) in [6.45, 7) is 10.9. The van der Waals surface area contributed by atoms with Crippen molar-refractivity contribution in [1.82, 2.24) is 9.88 Å². The molecule has 1 saturated heterocycles. The lowest BCUT2D eigenvalue weighted by Crippen LogP contribution is -2.51. The molecule has 1 aromatic heterocycles. The van der Waals surface area contributed by atoms with Gasteiger partial charge in [0.25, 0.3) is 0 Å². The molecule has 7 heteroatoms. The van der Waals surface area contributed by atoms with Crippen molar-refractivity contribution in [2.45, 2.75) is 33.7 Å². The third-order valence-corrected chi connectivity index (χ3v) is 5.84. The molecule has 0 radical (unpaired) electrons. The quantitative estimate of drug-likeness (QED) is 0.555. The lowest BCUT2D eigenvalue weighted by molar-refractivity contribution is 0.0525. The molecule has 1 aliphatic heterocycles. The molecular weight excluding hydrogens is 382 g/mol. The molecule has 1 fully saturated rings. The van der Waals surface area contributed by atoms with Gasteiger partial charge in [0.05, 0.1) is 31.0 Å². The number of anilines is 1. The Morgan fingerprint density at radius 2 is 1.73 bits per heavy atom. The fourth-order valence-corrected chi connectivity index (χ4v) is 4.04. The summed E-state index contributed by atoms with van der Waals surface area (Å²) in [5.41, 5.74) is 3.47. The molecule has 0 spiro atoms. The lowest BCUT2D eigenvalue weighted by Gasteiger charge is -2.38. The number of aromatic nitrogens is 1. The molecule has 1 aromatic carbocycles. The Balaban J connectivity index is 1.66. The highest BCUT2D eigenvalue weighted by Crippen LogP contribution is 2.24. The summed E-state index contributed by atoms with van der Waals surface area (Å²) in [7, 11) is 1.66. The van der Waals surface area contributed by atoms with Crippen molar-refractivity contribution >= 4 is 17.4 Å². The minimum atomic E-state index is -0.386. The van der Waals surface area contributed by atoms with Gasteiger partial charge in [-0.3, -0.25) is 9.69 Å². The maximum Gasteiger partial charge on any atom is 0.340 e. The summed E-state index contributed by atoms with van der Waals surface area (Å²) >= 11 is 0. The van der Waals surface area contributed by atoms with Gasteiger partial charge in [-0.1, -0.05) is 0 Å². The van der Waals surface area contributed by atoms with Gasteiger partial charge in [0.2, 0.25) is 0 Å². The van der Waals surface area contributed by atoms with E-state index in [4.69, 9.17) is 9.47 Å². The highest BCUT2D eigenvalue weighted by Gasteiger charge is 2.30. The first-order valence-corrected chi connectivity index (χ1v) is 10.4. The smallest absolute Gasteiger partial charge is 0.340 e. The van der Waals surface area contributed by atoms with E-state index in [1.807, 2.05) is 19.1 Å². The SMILES string of the molecule is CCOC(=O)c1c(C)[nH]c(C(=O)C(C)N2CCN(c3ccc(OC)cc3)CC2)c1C. The average molecular weight is 414 g/mol. The third-order valence-electron chi connectivity index (χ3n) is 5.84. The first kappa shape index (κ1) is 21.9. The predicted molar refractivity (Wildman–Crippen MR) is 117 cm³/mol. The standard InChI is InChI=1S/C23H31N3O4/c1-6-30-23(28)20-15(2)21(24-16(20)3)22(27)17(4)25-11-13-26(14-12-25)18-7-9-19(29-5)10-8-18/h7-10,17,24H,6,11-14H2,1-5H3. The van der Waals surface area contributed by atoms with Crippen molar-refractivity contribution in [3.8, 4) is 5.75 Å². The Kier molecular flexibility index (Phi) is 6.82. The zero-order chi connectivity index (χ0) is 21.8. The number of Topliss-reactive ketones (excluding diaryl/α,β-unsaturated/α-hetero) is 1. The normalized spacial score (nSPS) is 15.7. The van der Waals surface area contributed by atoms with Crippen molar-refractivity contribution in [3.05, 3.63) is 46.8 Å². The Morgan fingerprint density at radius 3 is 2.30 bits per heavy atom. The van der Waals surface area contributed by atoms with Gasteiger partial charge >= 0.3 is 5.97 Å². The van der Waals surface area contributed by atoms with Crippen LogP contribution in [0.5, 0.6) is 5.75 Å². The van der Waals surface area contributed by atoms with Crippen LogP contribution in [0.3, 0.4) is 0 Å². The van der Waals surface area contributed by atoms with Gasteiger partial charge in [-0.15, -0.1) is 0 Å². The van der Waals surface area contributed by atoms with Crippen LogP contribution in [-0.4, -0.2) is 67.6 Å². The number of aryl methyl sites for hydroxylation is 1. The molecule has 30 heavy (non-hydrogen) atoms. The Labute approximate surface area is 178 Å². The number of hydrogen-bond donors (Lipinski definition) is 1. The number of hydrogen-bond acceptors (Lipinski definition) is 6. The molecule has 0 saturated carbocycles. The molecule has 1 aliphatic rings. The molecular formula is C23H31N3O4. The van der Waals surface area contributed by atoms with Crippen LogP contribution in [0.2, 0.25) is 0 Å². The number of rotatable bonds is 7. The molecule has 7 nitrogen and oxygen atoms in total. The molecule has 162 valence electrons. The number of piperazine rings is 1. The van der Waals surface area contributed by atoms with E-state index in [0.29, 0.717) is 29.1 Å². The fourth-order valence-electron chi connectivity index (χ4n) is 4.04. The topological polar surface area (TPSA) is 74.9 Å². The molecule has 3 rings (SSSR count). The Bertz CT molecular complexity index is 896. The van der Waals surface area contributed by atoms with Gasteiger partial charge in [0.15, 0.2) is 5.78 Å². The van der Waals surface area contributed by atoms with E-state index in [9.17, 15) is 9.59 Å². The molecule has 1 atom stereocenters. The molecule has 0 aliphatic carbocycles. The number of ketones is 1. The van der Waals surface area contributed by atoms with E-state index in [1.165, 1.54) is 0 Å². The summed E-state index contributed by atoms with van der Waals surface area (Å²) < 4.78 is 10.4. The molecule has 1 unspecified atom stereocenters. The van der Waals surface area contributed by atoms with Crippen molar-refractivity contribution in [2.24, 2.45) is 0 Å². The van der Waals surface area contributed by atoms with Gasteiger partial charge in [-0.25, -0.2) is 4.79 Å². The first-order valence-electron chi connectivity index (χ1n) is 10.4. The number of carbonyl (C=O) groups excluding carboxylic acids is 2. The van der Waals surface area contributed by atoms with Crippen LogP contribution in [-0.2, 0) is 4.74 Å². The number of nitrogens with zero attached hydrogens (tertiary/aromatic N) is 2. The molecule has 0 bridgehead atoms. The number of ether oxygens (including phenoxy) is 2. The second kappa shape index (κ2) is 9.34. The number of methoxy groups -OCH3 is 1. The third kappa shape index (κ3) is 4.36. The summed E-state index contributed by atoms with van der Waals surface area (Å²) in [4.78, 5) is 33.0. The first-order chi connectivity index (χ1) is 14.4. The lowest BCUT2D eigenvalue weighted by atomic mass is 10.0. The zero-order valence-corrected chi connectivity index (χ0v) is 18.4. The van der Waals surface area contributed by atoms with E-state index >= 15 is 0 Å². The average Bonchev–Trinajstić information content (AvgIpc) is 3.07. The number of esters is 1. The predicted octanol–water partition coefficient (Wildman–Crippen LogP) is 3.21. The van der Waals surface area contributed by atoms with Gasteiger partial charge in [-0.05, 0) is 57.5 Å². The van der Waals surface area contributed by atoms with Gasteiger partial charge in [0.1, 0.15) is 5.75 Å². The van der Waals surface area contributed by atoms with Crippen LogP contribution in [0.4, 0.5) is 5.69 Å². The van der Waals surface area contributed by atoms with Crippen molar-refractivity contribution in [1.29, 1.82) is 0 Å². The van der Waals surface area contributed by atoms with Crippen molar-refractivity contribution < 1.29 is 19.1 Å². The summed E-state index contributed by atoms with van der Waals surface area (Å²) in [6, 6.07) is 7.78. The van der Waals surface area contributed by atoms with Gasteiger partial charge in [0, 0.05) is 37.6 Å². The molecule has 2 aromatic rings. The van der Waals surface area contributed by atoms with Gasteiger partial charge in [-0.2, -0.15) is 0 Å². The van der Waals surface area contributed by atoms with E-state index in [2.05, 4.69) is 26.9 Å². The van der Waals surface area contributed by atoms with E-state index < -0.39 is 0 Å². The monoisotopic (exact) mass is 413 g/mol. The molecule has 0 amide bonds. The number of carbonyl (C=O) groups is 2. The largest absolute Gasteiger partial charge is 0.497 e. The van der Waals surface area contributed by atoms with Crippen LogP contribution in [0.15, 0.2) is 24.3 Å². The maximum atomic E-state index is 13.2. The van der Waals surface area contributed by atoms with Crippen LogP contribution >= 0.6 is 0 Å². The second-order valence-corrected chi connectivity index (χ2v) is 7.61. The number of H-pyrrole nitrogens is 1. The van der Waals surface area contributed by atoms with E-state index in [0.717, 1.165) is 37.6 Å². The van der Waals surface area contributed by atoms with Crippen molar-refractivity contribution in [2.75, 3.05) is 44.8 Å². The zero-order valence-electron chi connectivity index (χ0n) is 18.4. The highest BCUT2D eigenvalue weighted by atomic mass is 16.5.